The molecule has 30 heavy (non-hydrogen) atoms. The van der Waals surface area contributed by atoms with E-state index in [2.05, 4.69) is 15.6 Å². The number of rotatable bonds is 9. The summed E-state index contributed by atoms with van der Waals surface area (Å²) in [4.78, 5) is 4.14. The molecule has 2 rings (SSSR count). The number of hydrogen-bond donors (Lipinski definition) is 2. The van der Waals surface area contributed by atoms with Crippen LogP contribution in [-0.4, -0.2) is 45.5 Å². The highest BCUT2D eigenvalue weighted by Gasteiger charge is 2.28. The second-order valence-corrected chi connectivity index (χ2v) is 6.44. The van der Waals surface area contributed by atoms with Crippen molar-refractivity contribution in [3.05, 3.63) is 54.1 Å². The Bertz CT molecular complexity index is 828. The summed E-state index contributed by atoms with van der Waals surface area (Å²) in [6, 6.07) is 13.8. The Morgan fingerprint density at radius 2 is 1.80 bits per heavy atom. The molecular formula is C21H26F3N3O3. The summed E-state index contributed by atoms with van der Waals surface area (Å²) in [5.74, 6) is 1.99. The second-order valence-electron chi connectivity index (χ2n) is 6.44. The summed E-state index contributed by atoms with van der Waals surface area (Å²) in [7, 11) is 3.21. The van der Waals surface area contributed by atoms with Gasteiger partial charge >= 0.3 is 6.18 Å². The van der Waals surface area contributed by atoms with Crippen molar-refractivity contribution in [2.75, 3.05) is 27.3 Å². The maximum absolute atomic E-state index is 12.3. The van der Waals surface area contributed by atoms with E-state index in [-0.39, 0.29) is 11.9 Å². The average Bonchev–Trinajstić information content (AvgIpc) is 2.72. The predicted octanol–water partition coefficient (Wildman–Crippen LogP) is 3.77. The molecule has 0 fully saturated rings. The SMILES string of the molecule is CN=C(NCc1cccc(OCC(F)(F)F)c1)NCC(C)Oc1ccccc1OC. The van der Waals surface area contributed by atoms with Crippen molar-refractivity contribution in [2.45, 2.75) is 25.7 Å². The van der Waals surface area contributed by atoms with E-state index in [0.717, 1.165) is 5.56 Å². The monoisotopic (exact) mass is 425 g/mol. The van der Waals surface area contributed by atoms with Gasteiger partial charge in [-0.2, -0.15) is 13.2 Å². The number of hydrogen-bond acceptors (Lipinski definition) is 4. The smallest absolute Gasteiger partial charge is 0.422 e. The molecule has 164 valence electrons. The zero-order valence-corrected chi connectivity index (χ0v) is 17.1. The number of halogens is 3. The fraction of sp³-hybridized carbons (Fsp3) is 0.381. The molecule has 0 spiro atoms. The Balaban J connectivity index is 1.82. The summed E-state index contributed by atoms with van der Waals surface area (Å²) in [6.45, 7) is 1.43. The van der Waals surface area contributed by atoms with E-state index in [4.69, 9.17) is 14.2 Å². The minimum absolute atomic E-state index is 0.161. The van der Waals surface area contributed by atoms with Crippen molar-refractivity contribution in [3.63, 3.8) is 0 Å². The van der Waals surface area contributed by atoms with E-state index in [1.807, 2.05) is 31.2 Å². The fourth-order valence-electron chi connectivity index (χ4n) is 2.53. The van der Waals surface area contributed by atoms with Crippen molar-refractivity contribution in [1.29, 1.82) is 0 Å². The van der Waals surface area contributed by atoms with E-state index in [9.17, 15) is 13.2 Å². The molecule has 2 N–H and O–H groups in total. The minimum atomic E-state index is -4.37. The van der Waals surface area contributed by atoms with Crippen LogP contribution in [0.3, 0.4) is 0 Å². The topological polar surface area (TPSA) is 64.1 Å². The molecule has 0 heterocycles. The highest BCUT2D eigenvalue weighted by Crippen LogP contribution is 2.26. The number of nitrogens with one attached hydrogen (secondary N) is 2. The van der Waals surface area contributed by atoms with Gasteiger partial charge in [0, 0.05) is 13.6 Å². The van der Waals surface area contributed by atoms with Gasteiger partial charge in [-0.05, 0) is 36.8 Å². The van der Waals surface area contributed by atoms with Gasteiger partial charge in [-0.1, -0.05) is 24.3 Å². The number of guanidine groups is 1. The lowest BCUT2D eigenvalue weighted by Gasteiger charge is -2.19. The van der Waals surface area contributed by atoms with E-state index >= 15 is 0 Å². The van der Waals surface area contributed by atoms with Gasteiger partial charge in [0.15, 0.2) is 24.1 Å². The van der Waals surface area contributed by atoms with Gasteiger partial charge in [-0.25, -0.2) is 0 Å². The molecule has 0 saturated heterocycles. The number of alkyl halides is 3. The molecule has 0 aliphatic carbocycles. The average molecular weight is 425 g/mol. The Hall–Kier alpha value is -3.10. The Labute approximate surface area is 174 Å². The zero-order chi connectivity index (χ0) is 22.0. The highest BCUT2D eigenvalue weighted by molar-refractivity contribution is 5.79. The summed E-state index contributed by atoms with van der Waals surface area (Å²) in [6.07, 6.45) is -4.54. The third kappa shape index (κ3) is 8.10. The van der Waals surface area contributed by atoms with Crippen molar-refractivity contribution < 1.29 is 27.4 Å². The third-order valence-electron chi connectivity index (χ3n) is 3.94. The standard InChI is InChI=1S/C21H26F3N3O3/c1-15(30-19-10-5-4-9-18(19)28-3)12-26-20(25-2)27-13-16-7-6-8-17(11-16)29-14-21(22,23)24/h4-11,15H,12-14H2,1-3H3,(H2,25,26,27). The lowest BCUT2D eigenvalue weighted by molar-refractivity contribution is -0.153. The highest BCUT2D eigenvalue weighted by atomic mass is 19.4. The molecule has 1 atom stereocenters. The Morgan fingerprint density at radius 3 is 2.47 bits per heavy atom. The minimum Gasteiger partial charge on any atom is -0.493 e. The molecule has 2 aromatic carbocycles. The number of benzene rings is 2. The molecule has 0 radical (unpaired) electrons. The normalized spacial score (nSPS) is 12.8. The first-order valence-electron chi connectivity index (χ1n) is 9.33. The molecule has 2 aromatic rings. The van der Waals surface area contributed by atoms with Crippen molar-refractivity contribution >= 4 is 5.96 Å². The number of ether oxygens (including phenoxy) is 3. The van der Waals surface area contributed by atoms with E-state index in [1.165, 1.54) is 6.07 Å². The summed E-state index contributed by atoms with van der Waals surface area (Å²) in [5, 5.41) is 6.26. The van der Waals surface area contributed by atoms with E-state index in [0.29, 0.717) is 30.5 Å². The fourth-order valence-corrected chi connectivity index (χ4v) is 2.53. The molecule has 0 amide bonds. The Kier molecular flexibility index (Phi) is 8.64. The third-order valence-corrected chi connectivity index (χ3v) is 3.94. The lowest BCUT2D eigenvalue weighted by atomic mass is 10.2. The second kappa shape index (κ2) is 11.2. The van der Waals surface area contributed by atoms with Crippen LogP contribution in [0.5, 0.6) is 17.2 Å². The molecule has 6 nitrogen and oxygen atoms in total. The van der Waals surface area contributed by atoms with Crippen molar-refractivity contribution in [1.82, 2.24) is 10.6 Å². The van der Waals surface area contributed by atoms with Crippen LogP contribution in [0.25, 0.3) is 0 Å². The van der Waals surface area contributed by atoms with Crippen LogP contribution in [0.4, 0.5) is 13.2 Å². The van der Waals surface area contributed by atoms with Gasteiger partial charge in [-0.3, -0.25) is 4.99 Å². The molecule has 0 aromatic heterocycles. The maximum atomic E-state index is 12.3. The van der Waals surface area contributed by atoms with Gasteiger partial charge in [-0.15, -0.1) is 0 Å². The summed E-state index contributed by atoms with van der Waals surface area (Å²) < 4.78 is 52.8. The lowest BCUT2D eigenvalue weighted by Crippen LogP contribution is -2.41. The Morgan fingerprint density at radius 1 is 1.07 bits per heavy atom. The quantitative estimate of drug-likeness (QED) is 0.473. The van der Waals surface area contributed by atoms with Gasteiger partial charge in [0.1, 0.15) is 11.9 Å². The number of aliphatic imine (C=N–C) groups is 1. The van der Waals surface area contributed by atoms with Crippen LogP contribution >= 0.6 is 0 Å². The molecule has 0 aliphatic rings. The van der Waals surface area contributed by atoms with E-state index in [1.54, 1.807) is 32.4 Å². The van der Waals surface area contributed by atoms with Crippen LogP contribution < -0.4 is 24.8 Å². The molecular weight excluding hydrogens is 399 g/mol. The summed E-state index contributed by atoms with van der Waals surface area (Å²) in [5.41, 5.74) is 0.760. The maximum Gasteiger partial charge on any atom is 0.422 e. The number of para-hydroxylation sites is 2. The van der Waals surface area contributed by atoms with Crippen molar-refractivity contribution in [3.8, 4) is 17.2 Å². The van der Waals surface area contributed by atoms with E-state index < -0.39 is 12.8 Å². The van der Waals surface area contributed by atoms with Gasteiger partial charge in [0.05, 0.1) is 13.7 Å². The van der Waals surface area contributed by atoms with Gasteiger partial charge < -0.3 is 24.8 Å². The molecule has 0 saturated carbocycles. The molecule has 0 bridgehead atoms. The first kappa shape index (κ1) is 23.2. The van der Waals surface area contributed by atoms with Gasteiger partial charge in [0.25, 0.3) is 0 Å². The summed E-state index contributed by atoms with van der Waals surface area (Å²) >= 11 is 0. The number of nitrogens with zero attached hydrogens (tertiary/aromatic N) is 1. The molecule has 1 unspecified atom stereocenters. The largest absolute Gasteiger partial charge is 0.493 e. The van der Waals surface area contributed by atoms with Crippen LogP contribution in [0, 0.1) is 0 Å². The zero-order valence-electron chi connectivity index (χ0n) is 17.1. The molecule has 0 aliphatic heterocycles. The first-order valence-corrected chi connectivity index (χ1v) is 9.33. The first-order chi connectivity index (χ1) is 14.3. The van der Waals surface area contributed by atoms with Crippen molar-refractivity contribution in [2.24, 2.45) is 4.99 Å². The van der Waals surface area contributed by atoms with Crippen LogP contribution in [-0.2, 0) is 6.54 Å². The van der Waals surface area contributed by atoms with Crippen LogP contribution in [0.2, 0.25) is 0 Å². The van der Waals surface area contributed by atoms with Gasteiger partial charge in [0.2, 0.25) is 0 Å². The number of methoxy groups -OCH3 is 1. The van der Waals surface area contributed by atoms with Crippen LogP contribution in [0.1, 0.15) is 12.5 Å². The van der Waals surface area contributed by atoms with Crippen LogP contribution in [0.15, 0.2) is 53.5 Å². The predicted molar refractivity (Wildman–Crippen MR) is 109 cm³/mol. The molecule has 9 heteroatoms.